The quantitative estimate of drug-likeness (QED) is 0.0156. The van der Waals surface area contributed by atoms with Gasteiger partial charge in [-0.25, -0.2) is 18.9 Å². The van der Waals surface area contributed by atoms with Gasteiger partial charge in [-0.15, -0.1) is 0 Å². The second-order valence-corrected chi connectivity index (χ2v) is 31.2. The highest BCUT2D eigenvalue weighted by atomic mass is 31.2. The molecule has 115 heavy (non-hydrogen) atoms. The number of hydrogen-bond acceptors (Lipinski definition) is 23. The van der Waals surface area contributed by atoms with Crippen molar-refractivity contribution in [1.29, 1.82) is 0 Å². The molecule has 2 aliphatic rings. The number of amides is 14. The average molecular weight is 1640 g/mol. The van der Waals surface area contributed by atoms with E-state index in [1.165, 1.54) is 101 Å². The fraction of sp³-hybridized carbons (Fsp3) is 0.584. The lowest BCUT2D eigenvalue weighted by Crippen LogP contribution is -2.63. The van der Waals surface area contributed by atoms with E-state index in [0.29, 0.717) is 5.56 Å². The van der Waals surface area contributed by atoms with Crippen LogP contribution in [0.25, 0.3) is 0 Å². The fourth-order valence-corrected chi connectivity index (χ4v) is 13.5. The maximum absolute atomic E-state index is 15.7. The number of cyclic esters (lactones) is 1. The van der Waals surface area contributed by atoms with E-state index < -0.39 is 229 Å². The topological polar surface area (TPSA) is 501 Å². The van der Waals surface area contributed by atoms with Gasteiger partial charge in [0.2, 0.25) is 47.3 Å². The minimum Gasteiger partial charge on any atom is -0.458 e. The number of carbonyl (C=O) groups is 16. The third kappa shape index (κ3) is 29.2. The second-order valence-electron chi connectivity index (χ2n) is 29.8. The minimum atomic E-state index is -5.34. The summed E-state index contributed by atoms with van der Waals surface area (Å²) in [6.45, 7) is 23.2. The Morgan fingerprint density at radius 3 is 1.89 bits per heavy atom. The van der Waals surface area contributed by atoms with E-state index in [-0.39, 0.29) is 56.8 Å². The number of likely N-dealkylation sites (N-methyl/N-ethyl adjacent to an activating group) is 3. The first kappa shape index (κ1) is 97.0. The van der Waals surface area contributed by atoms with Crippen LogP contribution in [0.1, 0.15) is 127 Å². The predicted molar refractivity (Wildman–Crippen MR) is 415 cm³/mol. The Hall–Kier alpha value is -10.3. The van der Waals surface area contributed by atoms with Gasteiger partial charge in [0.05, 0.1) is 32.5 Å². The molecule has 0 aliphatic carbocycles. The maximum atomic E-state index is 15.7. The van der Waals surface area contributed by atoms with Gasteiger partial charge in [0.1, 0.15) is 60.2 Å². The number of urea groups is 1. The third-order valence-electron chi connectivity index (χ3n) is 19.5. The SMILES string of the molecule is C=C1C(=O)N[C@@H](C)C(=O)N(C)[C@@H](C)C(=O)N[C@@H]([C@H](OC(=O)[C@@H](NC(C)=O)[C@H](OP(=O)(O)OCc2ccc(NC(=O)[C@@H](NC(=O)[C@@H](NC(=O)CCOCCN3C(=O)C=CC3=O)C(C)C)C(C)CCNC(N)=O)cc2)C(C)C)C(C)C)C(=O)N(C)[C@@H]([C@@H](C)OC)C(=O)C[C@H](C(C)C)[C@H](NC(C)=O)C(=O)O[C@H](Cc2ccccc2)C(=O)N1C. The summed E-state index contributed by atoms with van der Waals surface area (Å²) >= 11 is 0. The first-order valence-corrected chi connectivity index (χ1v) is 39.2. The largest absolute Gasteiger partial charge is 0.472 e. The van der Waals surface area contributed by atoms with Crippen LogP contribution < -0.4 is 48.3 Å². The number of nitrogens with zero attached hydrogens (tertiary/aromatic N) is 4. The van der Waals surface area contributed by atoms with Crippen LogP contribution in [0.15, 0.2) is 79.0 Å². The Morgan fingerprint density at radius 2 is 1.34 bits per heavy atom. The molecule has 2 aromatic rings. The van der Waals surface area contributed by atoms with Crippen LogP contribution in [0, 0.1) is 35.5 Å². The highest BCUT2D eigenvalue weighted by Gasteiger charge is 2.48. The number of nitrogens with two attached hydrogens (primary N) is 1. The van der Waals surface area contributed by atoms with Crippen molar-refractivity contribution in [3.63, 3.8) is 0 Å². The molecule has 0 bridgehead atoms. The maximum Gasteiger partial charge on any atom is 0.472 e. The summed E-state index contributed by atoms with van der Waals surface area (Å²) in [6, 6.07) is 0.374. The normalized spacial score (nSPS) is 21.7. The molecule has 15 atom stereocenters. The number of rotatable bonds is 34. The lowest BCUT2D eigenvalue weighted by Gasteiger charge is -2.39. The summed E-state index contributed by atoms with van der Waals surface area (Å²) in [5, 5.41) is 20.6. The van der Waals surface area contributed by atoms with E-state index >= 15 is 14.4 Å². The molecule has 0 saturated carbocycles. The molecule has 636 valence electrons. The van der Waals surface area contributed by atoms with Crippen LogP contribution >= 0.6 is 7.82 Å². The van der Waals surface area contributed by atoms with Gasteiger partial charge in [-0.05, 0) is 86.0 Å². The third-order valence-corrected chi connectivity index (χ3v) is 20.4. The number of nitrogens with one attached hydrogen (secondary N) is 8. The van der Waals surface area contributed by atoms with Crippen LogP contribution in [0.3, 0.4) is 0 Å². The average Bonchev–Trinajstić information content (AvgIpc) is 1.19. The van der Waals surface area contributed by atoms with E-state index in [0.717, 1.165) is 45.6 Å². The zero-order valence-corrected chi connectivity index (χ0v) is 69.4. The monoisotopic (exact) mass is 1640 g/mol. The standard InChI is InChI=1S/C77H114N13O24P/c1-40(2)54-38-55(93)65(48(13)109-19)89(18)74(103)63(86-69(98)47(12)87(16)72(101)45(10)80-68(97)46(11)88(17)73(102)56(37-51-23-21-20-22-24-51)112-75(104)62(54)81-49(14)91)66(42(5)6)113-76(105)64(82-50(15)92)67(43(7)8)114-115(107,108)111-39-52-25-27-53(28-26-52)83-71(100)61(44(9)31-33-79-77(78)106)85-70(99)60(41(3)4)84-57(94)32-35-110-36-34-90-58(95)29-30-59(90)96/h20-30,40-45,47-48,54,56,60-67H,11,31-39H2,1-10,12-19H3,(H,80,97)(H,81,91)(H,82,92)(H,83,100)(H,84,94)(H,85,99)(H,86,98)(H,107,108)(H3,78,79,106)/t44?,45-,47-,48+,54+,56+,60-,61-,62-,63-,64-,65-,66+,67+/m0/s1. The first-order valence-electron chi connectivity index (χ1n) is 37.7. The highest BCUT2D eigenvalue weighted by molar-refractivity contribution is 7.47. The van der Waals surface area contributed by atoms with Gasteiger partial charge >= 0.3 is 25.8 Å². The number of phosphoric ester groups is 1. The molecule has 0 aromatic heterocycles. The van der Waals surface area contributed by atoms with Gasteiger partial charge < -0.3 is 86.8 Å². The van der Waals surface area contributed by atoms with E-state index in [1.54, 1.807) is 65.0 Å². The number of hydrogen-bond donors (Lipinski definition) is 10. The molecular formula is C77H114N13O24P. The Balaban J connectivity index is 1.68. The van der Waals surface area contributed by atoms with Gasteiger partial charge in [0, 0.05) is 85.7 Å². The van der Waals surface area contributed by atoms with E-state index in [2.05, 4.69) is 49.1 Å². The van der Waals surface area contributed by atoms with Gasteiger partial charge in [0.15, 0.2) is 17.9 Å². The fourth-order valence-electron chi connectivity index (χ4n) is 12.5. The number of benzene rings is 2. The molecule has 1 fully saturated rings. The number of imide groups is 1. The van der Waals surface area contributed by atoms with Crippen molar-refractivity contribution < 1.29 is 114 Å². The molecule has 2 heterocycles. The van der Waals surface area contributed by atoms with Gasteiger partial charge in [-0.1, -0.05) is 111 Å². The molecule has 4 rings (SSSR count). The highest BCUT2D eigenvalue weighted by Crippen LogP contribution is 2.47. The summed E-state index contributed by atoms with van der Waals surface area (Å²) in [7, 11) is -0.517. The summed E-state index contributed by atoms with van der Waals surface area (Å²) in [5.41, 5.74) is 5.65. The zero-order valence-electron chi connectivity index (χ0n) is 68.5. The number of carbonyl (C=O) groups excluding carboxylic acids is 16. The number of ketones is 1. The molecule has 38 heteroatoms. The van der Waals surface area contributed by atoms with E-state index in [4.69, 9.17) is 33.7 Å². The van der Waals surface area contributed by atoms with Crippen LogP contribution in [0.2, 0.25) is 0 Å². The molecule has 0 radical (unpaired) electrons. The Bertz CT molecular complexity index is 3900. The zero-order chi connectivity index (χ0) is 86.8. The van der Waals surface area contributed by atoms with Crippen molar-refractivity contribution in [3.05, 3.63) is 90.2 Å². The van der Waals surface area contributed by atoms with E-state index in [1.807, 2.05) is 0 Å². The molecule has 2 aliphatic heterocycles. The van der Waals surface area contributed by atoms with E-state index in [9.17, 15) is 71.8 Å². The summed E-state index contributed by atoms with van der Waals surface area (Å²) < 4.78 is 48.6. The van der Waals surface area contributed by atoms with Crippen LogP contribution in [0.5, 0.6) is 0 Å². The van der Waals surface area contributed by atoms with Gasteiger partial charge in [-0.2, -0.15) is 0 Å². The summed E-state index contributed by atoms with van der Waals surface area (Å²) in [5.74, 6) is -18.0. The van der Waals surface area contributed by atoms with Crippen molar-refractivity contribution >= 4 is 108 Å². The van der Waals surface area contributed by atoms with Crippen LogP contribution in [-0.4, -0.2) is 246 Å². The number of ether oxygens (including phenoxy) is 4. The van der Waals surface area contributed by atoms with Gasteiger partial charge in [0.25, 0.3) is 23.6 Å². The number of esters is 2. The molecule has 2 unspecified atom stereocenters. The predicted octanol–water partition coefficient (Wildman–Crippen LogP) is 1.58. The van der Waals surface area contributed by atoms with Crippen molar-refractivity contribution in [3.8, 4) is 0 Å². The lowest BCUT2D eigenvalue weighted by molar-refractivity contribution is -0.166. The van der Waals surface area contributed by atoms with Crippen molar-refractivity contribution in [1.82, 2.24) is 56.8 Å². The van der Waals surface area contributed by atoms with Crippen molar-refractivity contribution in [2.45, 2.75) is 202 Å². The Morgan fingerprint density at radius 1 is 0.722 bits per heavy atom. The summed E-state index contributed by atoms with van der Waals surface area (Å²) in [6.07, 6.45) is -5.16. The second kappa shape index (κ2) is 45.1. The number of anilines is 1. The summed E-state index contributed by atoms with van der Waals surface area (Å²) in [4.78, 5) is 236. The Kier molecular flexibility index (Phi) is 38.1. The molecule has 1 saturated heterocycles. The molecule has 2 aromatic carbocycles. The molecule has 37 nitrogen and oxygen atoms in total. The van der Waals surface area contributed by atoms with Crippen molar-refractivity contribution in [2.75, 3.05) is 59.9 Å². The van der Waals surface area contributed by atoms with Gasteiger partial charge in [-0.3, -0.25) is 76.3 Å². The minimum absolute atomic E-state index is 0.00872. The molecule has 0 spiro atoms. The number of primary amides is 1. The Labute approximate surface area is 669 Å². The number of Topliss-reactive ketones (excluding diaryl/α,β-unsaturated/α-hetero) is 1. The molecular weight excluding hydrogens is 1520 g/mol. The number of phosphoric acid groups is 1. The van der Waals surface area contributed by atoms with Crippen LogP contribution in [-0.2, 0) is 118 Å². The van der Waals surface area contributed by atoms with Crippen molar-refractivity contribution in [2.24, 2.45) is 41.2 Å². The molecule has 14 amide bonds. The smallest absolute Gasteiger partial charge is 0.458 e. The number of methoxy groups -OCH3 is 1. The lowest BCUT2D eigenvalue weighted by atomic mass is 9.82. The van der Waals surface area contributed by atoms with Crippen LogP contribution in [0.4, 0.5) is 10.5 Å². The molecule has 11 N–H and O–H groups in total. The first-order chi connectivity index (χ1) is 53.7.